The van der Waals surface area contributed by atoms with Crippen LogP contribution in [-0.2, 0) is 9.47 Å². The third-order valence-corrected chi connectivity index (χ3v) is 5.39. The summed E-state index contributed by atoms with van der Waals surface area (Å²) in [6.45, 7) is 8.47. The van der Waals surface area contributed by atoms with Crippen LogP contribution in [-0.4, -0.2) is 32.2 Å². The van der Waals surface area contributed by atoms with Crippen LogP contribution in [0.4, 0.5) is 0 Å². The first-order chi connectivity index (χ1) is 14.0. The van der Waals surface area contributed by atoms with Gasteiger partial charge in [0, 0.05) is 12.8 Å². The first-order valence-corrected chi connectivity index (χ1v) is 10.7. The molecule has 1 fully saturated rings. The van der Waals surface area contributed by atoms with Gasteiger partial charge in [0.1, 0.15) is 24.7 Å². The van der Waals surface area contributed by atoms with Gasteiger partial charge in [0.05, 0.1) is 13.2 Å². The van der Waals surface area contributed by atoms with E-state index < -0.39 is 5.79 Å². The van der Waals surface area contributed by atoms with Crippen molar-refractivity contribution >= 4 is 0 Å². The fourth-order valence-corrected chi connectivity index (χ4v) is 3.80. The minimum atomic E-state index is -0.523. The maximum atomic E-state index is 6.25. The van der Waals surface area contributed by atoms with Crippen LogP contribution in [0, 0.1) is 19.8 Å². The molecule has 0 bridgehead atoms. The van der Waals surface area contributed by atoms with Gasteiger partial charge in [0.15, 0.2) is 5.79 Å². The Kier molecular flexibility index (Phi) is 7.96. The lowest BCUT2D eigenvalue weighted by Gasteiger charge is -2.39. The minimum absolute atomic E-state index is 0.513. The van der Waals surface area contributed by atoms with Gasteiger partial charge in [-0.3, -0.25) is 0 Å². The van der Waals surface area contributed by atoms with Gasteiger partial charge in [-0.05, 0) is 50.5 Å². The molecule has 1 unspecified atom stereocenters. The lowest BCUT2D eigenvalue weighted by Crippen LogP contribution is -2.42. The molecule has 1 saturated carbocycles. The standard InChI is InChI=1S/C25H34O4/c1-20-6-10-23(11-7-20)26-15-17-28-25(14-4-5-22(3)19-25)29-18-16-27-24-12-8-21(2)9-13-24/h6-13,22H,4-5,14-19H2,1-3H3. The molecule has 0 spiro atoms. The average molecular weight is 399 g/mol. The number of rotatable bonds is 10. The van der Waals surface area contributed by atoms with Crippen molar-refractivity contribution in [1.29, 1.82) is 0 Å². The summed E-state index contributed by atoms with van der Waals surface area (Å²) in [5.74, 6) is 1.82. The fourth-order valence-electron chi connectivity index (χ4n) is 3.80. The predicted octanol–water partition coefficient (Wildman–Crippen LogP) is 5.70. The van der Waals surface area contributed by atoms with E-state index in [1.54, 1.807) is 0 Å². The quantitative estimate of drug-likeness (QED) is 0.380. The highest BCUT2D eigenvalue weighted by Crippen LogP contribution is 2.36. The summed E-state index contributed by atoms with van der Waals surface area (Å²) in [5, 5.41) is 0. The van der Waals surface area contributed by atoms with Crippen LogP contribution in [0.5, 0.6) is 11.5 Å². The van der Waals surface area contributed by atoms with E-state index in [0.717, 1.165) is 30.8 Å². The number of aryl methyl sites for hydroxylation is 2. The van der Waals surface area contributed by atoms with Crippen LogP contribution in [0.1, 0.15) is 43.7 Å². The summed E-state index contributed by atoms with van der Waals surface area (Å²) in [6.07, 6.45) is 4.20. The molecule has 0 amide bonds. The Labute approximate surface area is 175 Å². The molecule has 0 N–H and O–H groups in total. The molecule has 0 heterocycles. The molecule has 2 aromatic carbocycles. The van der Waals surface area contributed by atoms with Crippen LogP contribution in [0.3, 0.4) is 0 Å². The molecular weight excluding hydrogens is 364 g/mol. The van der Waals surface area contributed by atoms with Gasteiger partial charge in [-0.25, -0.2) is 0 Å². The predicted molar refractivity (Wildman–Crippen MR) is 116 cm³/mol. The highest BCUT2D eigenvalue weighted by atomic mass is 16.7. The van der Waals surface area contributed by atoms with Crippen molar-refractivity contribution in [2.45, 2.75) is 52.2 Å². The molecule has 0 radical (unpaired) electrons. The SMILES string of the molecule is Cc1ccc(OCCOC2(OCCOc3ccc(C)cc3)CCCC(C)C2)cc1. The van der Waals surface area contributed by atoms with E-state index in [0.29, 0.717) is 32.3 Å². The molecule has 0 saturated heterocycles. The van der Waals surface area contributed by atoms with Crippen molar-refractivity contribution in [2.24, 2.45) is 5.92 Å². The summed E-state index contributed by atoms with van der Waals surface area (Å²) in [4.78, 5) is 0. The molecule has 1 atom stereocenters. The van der Waals surface area contributed by atoms with Gasteiger partial charge in [-0.1, -0.05) is 48.7 Å². The van der Waals surface area contributed by atoms with Crippen LogP contribution in [0.15, 0.2) is 48.5 Å². The molecule has 1 aliphatic rings. The molecule has 158 valence electrons. The van der Waals surface area contributed by atoms with E-state index in [-0.39, 0.29) is 0 Å². The van der Waals surface area contributed by atoms with Gasteiger partial charge < -0.3 is 18.9 Å². The highest BCUT2D eigenvalue weighted by molar-refractivity contribution is 5.26. The first-order valence-electron chi connectivity index (χ1n) is 10.7. The van der Waals surface area contributed by atoms with Crippen molar-refractivity contribution in [3.8, 4) is 11.5 Å². The van der Waals surface area contributed by atoms with Gasteiger partial charge in [0.25, 0.3) is 0 Å². The molecule has 3 rings (SSSR count). The molecular formula is C25H34O4. The van der Waals surface area contributed by atoms with Gasteiger partial charge in [-0.2, -0.15) is 0 Å². The second-order valence-electron chi connectivity index (χ2n) is 8.13. The second-order valence-corrected chi connectivity index (χ2v) is 8.13. The van der Waals surface area contributed by atoms with Crippen LogP contribution < -0.4 is 9.47 Å². The Hall–Kier alpha value is -2.04. The van der Waals surface area contributed by atoms with Crippen molar-refractivity contribution < 1.29 is 18.9 Å². The normalized spacial score (nSPS) is 18.4. The first kappa shape index (κ1) is 21.7. The monoisotopic (exact) mass is 398 g/mol. The highest BCUT2D eigenvalue weighted by Gasteiger charge is 2.37. The molecule has 4 heteroatoms. The minimum Gasteiger partial charge on any atom is -0.491 e. The van der Waals surface area contributed by atoms with E-state index in [9.17, 15) is 0 Å². The van der Waals surface area contributed by atoms with Crippen LogP contribution >= 0.6 is 0 Å². The zero-order valence-corrected chi connectivity index (χ0v) is 18.0. The Morgan fingerprint density at radius 3 is 1.69 bits per heavy atom. The summed E-state index contributed by atoms with van der Waals surface area (Å²) < 4.78 is 24.1. The third-order valence-electron chi connectivity index (χ3n) is 5.39. The topological polar surface area (TPSA) is 36.9 Å². The second kappa shape index (κ2) is 10.7. The number of benzene rings is 2. The smallest absolute Gasteiger partial charge is 0.168 e. The molecule has 4 nitrogen and oxygen atoms in total. The maximum Gasteiger partial charge on any atom is 0.168 e. The van der Waals surface area contributed by atoms with E-state index in [2.05, 4.69) is 45.0 Å². The van der Waals surface area contributed by atoms with Gasteiger partial charge in [-0.15, -0.1) is 0 Å². The van der Waals surface area contributed by atoms with E-state index in [1.165, 1.54) is 17.5 Å². The van der Waals surface area contributed by atoms with Crippen LogP contribution in [0.25, 0.3) is 0 Å². The zero-order chi connectivity index (χ0) is 20.5. The van der Waals surface area contributed by atoms with E-state index >= 15 is 0 Å². The Balaban J connectivity index is 1.44. The maximum absolute atomic E-state index is 6.25. The Bertz CT molecular complexity index is 670. The van der Waals surface area contributed by atoms with E-state index in [1.807, 2.05) is 24.3 Å². The lowest BCUT2D eigenvalue weighted by atomic mass is 9.86. The number of ether oxygens (including phenoxy) is 4. The van der Waals surface area contributed by atoms with Gasteiger partial charge >= 0.3 is 0 Å². The molecule has 0 aromatic heterocycles. The zero-order valence-electron chi connectivity index (χ0n) is 18.0. The average Bonchev–Trinajstić information content (AvgIpc) is 2.71. The summed E-state index contributed by atoms with van der Waals surface area (Å²) in [7, 11) is 0. The Morgan fingerprint density at radius 1 is 0.759 bits per heavy atom. The van der Waals surface area contributed by atoms with Crippen molar-refractivity contribution in [2.75, 3.05) is 26.4 Å². The summed E-state index contributed by atoms with van der Waals surface area (Å²) in [6, 6.07) is 16.2. The number of hydrogen-bond donors (Lipinski definition) is 0. The largest absolute Gasteiger partial charge is 0.491 e. The fraction of sp³-hybridized carbons (Fsp3) is 0.520. The summed E-state index contributed by atoms with van der Waals surface area (Å²) >= 11 is 0. The van der Waals surface area contributed by atoms with Crippen molar-refractivity contribution in [3.05, 3.63) is 59.7 Å². The van der Waals surface area contributed by atoms with Gasteiger partial charge in [0.2, 0.25) is 0 Å². The molecule has 0 aliphatic heterocycles. The number of hydrogen-bond acceptors (Lipinski definition) is 4. The lowest BCUT2D eigenvalue weighted by molar-refractivity contribution is -0.262. The summed E-state index contributed by atoms with van der Waals surface area (Å²) in [5.41, 5.74) is 2.45. The van der Waals surface area contributed by atoms with Crippen molar-refractivity contribution in [1.82, 2.24) is 0 Å². The molecule has 29 heavy (non-hydrogen) atoms. The molecule has 1 aliphatic carbocycles. The van der Waals surface area contributed by atoms with Crippen molar-refractivity contribution in [3.63, 3.8) is 0 Å². The molecule has 2 aromatic rings. The van der Waals surface area contributed by atoms with Crippen LogP contribution in [0.2, 0.25) is 0 Å². The third kappa shape index (κ3) is 7.06. The Morgan fingerprint density at radius 2 is 1.24 bits per heavy atom. The van der Waals surface area contributed by atoms with E-state index in [4.69, 9.17) is 18.9 Å².